The molecule has 2 rings (SSSR count). The van der Waals surface area contributed by atoms with E-state index >= 15 is 0 Å². The van der Waals surface area contributed by atoms with Crippen molar-refractivity contribution >= 4 is 5.71 Å². The molecule has 0 bridgehead atoms. The standard InChI is InChI=1S/C17H21NO5/c1-2-14-8-16(23-18-14)17(9-19)22-12-15(20)11-21-10-13-6-4-3-5-7-13/h1,3-7,15-17,19-20H,8-12H2/t15-,16+,17-/m1/s1. The fourth-order valence-corrected chi connectivity index (χ4v) is 2.13. The summed E-state index contributed by atoms with van der Waals surface area (Å²) >= 11 is 0. The summed E-state index contributed by atoms with van der Waals surface area (Å²) in [6, 6.07) is 9.69. The molecule has 0 fully saturated rings. The van der Waals surface area contributed by atoms with Gasteiger partial charge in [-0.05, 0) is 5.56 Å². The molecule has 0 aliphatic carbocycles. The van der Waals surface area contributed by atoms with Gasteiger partial charge >= 0.3 is 0 Å². The van der Waals surface area contributed by atoms with Gasteiger partial charge in [-0.15, -0.1) is 6.42 Å². The van der Waals surface area contributed by atoms with Crippen molar-refractivity contribution in [1.82, 2.24) is 0 Å². The van der Waals surface area contributed by atoms with E-state index in [1.54, 1.807) is 0 Å². The van der Waals surface area contributed by atoms with E-state index in [-0.39, 0.29) is 19.8 Å². The molecule has 1 heterocycles. The number of ether oxygens (including phenoxy) is 2. The Labute approximate surface area is 135 Å². The predicted molar refractivity (Wildman–Crippen MR) is 84.7 cm³/mol. The van der Waals surface area contributed by atoms with Crippen LogP contribution in [0.5, 0.6) is 0 Å². The highest BCUT2D eigenvalue weighted by atomic mass is 16.7. The molecule has 0 radical (unpaired) electrons. The third-order valence-electron chi connectivity index (χ3n) is 3.38. The smallest absolute Gasteiger partial charge is 0.162 e. The van der Waals surface area contributed by atoms with Gasteiger partial charge in [-0.2, -0.15) is 0 Å². The van der Waals surface area contributed by atoms with Crippen molar-refractivity contribution in [1.29, 1.82) is 0 Å². The minimum absolute atomic E-state index is 0.0330. The summed E-state index contributed by atoms with van der Waals surface area (Å²) in [6.45, 7) is 0.359. The number of aliphatic hydroxyl groups is 2. The molecule has 0 unspecified atom stereocenters. The van der Waals surface area contributed by atoms with Gasteiger partial charge in [0.25, 0.3) is 0 Å². The SMILES string of the molecule is C#CC1=NO[C@H]([C@@H](CO)OC[C@H](O)COCc2ccccc2)C1. The highest BCUT2D eigenvalue weighted by Gasteiger charge is 2.30. The fraction of sp³-hybridized carbons (Fsp3) is 0.471. The molecule has 1 aliphatic heterocycles. The van der Waals surface area contributed by atoms with Crippen LogP contribution in [-0.4, -0.2) is 54.1 Å². The molecule has 0 spiro atoms. The number of nitrogens with zero attached hydrogens (tertiary/aromatic N) is 1. The number of hydrogen-bond acceptors (Lipinski definition) is 6. The van der Waals surface area contributed by atoms with E-state index in [4.69, 9.17) is 20.7 Å². The molecule has 1 aliphatic rings. The zero-order valence-corrected chi connectivity index (χ0v) is 12.8. The van der Waals surface area contributed by atoms with Crippen LogP contribution in [0.15, 0.2) is 35.5 Å². The molecule has 23 heavy (non-hydrogen) atoms. The summed E-state index contributed by atoms with van der Waals surface area (Å²) in [5.41, 5.74) is 1.52. The molecule has 1 aromatic rings. The van der Waals surface area contributed by atoms with Crippen molar-refractivity contribution in [2.45, 2.75) is 31.3 Å². The van der Waals surface area contributed by atoms with Crippen LogP contribution in [0.2, 0.25) is 0 Å². The van der Waals surface area contributed by atoms with Gasteiger partial charge in [0, 0.05) is 6.42 Å². The van der Waals surface area contributed by atoms with Crippen LogP contribution < -0.4 is 0 Å². The first kappa shape index (κ1) is 17.4. The predicted octanol–water partition coefficient (Wildman–Crippen LogP) is 0.720. The second kappa shape index (κ2) is 9.28. The average molecular weight is 319 g/mol. The second-order valence-electron chi connectivity index (χ2n) is 5.24. The number of rotatable bonds is 9. The van der Waals surface area contributed by atoms with Crippen molar-refractivity contribution in [2.75, 3.05) is 19.8 Å². The maximum atomic E-state index is 9.88. The zero-order valence-electron chi connectivity index (χ0n) is 12.8. The number of oxime groups is 1. The van der Waals surface area contributed by atoms with Crippen molar-refractivity contribution in [3.05, 3.63) is 35.9 Å². The number of terminal acetylenes is 1. The quantitative estimate of drug-likeness (QED) is 0.656. The first-order valence-corrected chi connectivity index (χ1v) is 7.44. The Balaban J connectivity index is 1.65. The van der Waals surface area contributed by atoms with E-state index in [0.29, 0.717) is 18.7 Å². The van der Waals surface area contributed by atoms with Crippen LogP contribution in [0.4, 0.5) is 0 Å². The third kappa shape index (κ3) is 5.66. The highest BCUT2D eigenvalue weighted by Crippen LogP contribution is 2.16. The van der Waals surface area contributed by atoms with Crippen LogP contribution in [0.25, 0.3) is 0 Å². The Bertz CT molecular complexity index is 540. The first-order valence-electron chi connectivity index (χ1n) is 7.44. The van der Waals surface area contributed by atoms with E-state index < -0.39 is 18.3 Å². The monoisotopic (exact) mass is 319 g/mol. The second-order valence-corrected chi connectivity index (χ2v) is 5.24. The fourth-order valence-electron chi connectivity index (χ4n) is 2.13. The maximum Gasteiger partial charge on any atom is 0.162 e. The van der Waals surface area contributed by atoms with Gasteiger partial charge in [0.05, 0.1) is 26.4 Å². The topological polar surface area (TPSA) is 80.5 Å². The minimum atomic E-state index is -0.790. The van der Waals surface area contributed by atoms with Gasteiger partial charge in [-0.1, -0.05) is 41.4 Å². The number of aliphatic hydroxyl groups excluding tert-OH is 2. The largest absolute Gasteiger partial charge is 0.394 e. The van der Waals surface area contributed by atoms with Crippen LogP contribution in [0.3, 0.4) is 0 Å². The Kier molecular flexibility index (Phi) is 7.04. The molecule has 0 amide bonds. The Hall–Kier alpha value is -1.91. The molecule has 2 N–H and O–H groups in total. The van der Waals surface area contributed by atoms with E-state index in [1.807, 2.05) is 30.3 Å². The van der Waals surface area contributed by atoms with Gasteiger partial charge in [0.2, 0.25) is 0 Å². The molecule has 0 saturated carbocycles. The van der Waals surface area contributed by atoms with Gasteiger partial charge < -0.3 is 24.5 Å². The summed E-state index contributed by atoms with van der Waals surface area (Å²) < 4.78 is 10.9. The lowest BCUT2D eigenvalue weighted by molar-refractivity contribution is -0.109. The summed E-state index contributed by atoms with van der Waals surface area (Å²) in [7, 11) is 0. The Morgan fingerprint density at radius 1 is 1.35 bits per heavy atom. The van der Waals surface area contributed by atoms with Crippen LogP contribution in [0.1, 0.15) is 12.0 Å². The van der Waals surface area contributed by atoms with Crippen LogP contribution in [-0.2, 0) is 20.9 Å². The van der Waals surface area contributed by atoms with Gasteiger partial charge in [0.15, 0.2) is 6.10 Å². The average Bonchev–Trinajstić information content (AvgIpc) is 3.05. The third-order valence-corrected chi connectivity index (χ3v) is 3.38. The number of hydrogen-bond donors (Lipinski definition) is 2. The maximum absolute atomic E-state index is 9.88. The lowest BCUT2D eigenvalue weighted by Crippen LogP contribution is -2.36. The summed E-state index contributed by atoms with van der Waals surface area (Å²) in [5.74, 6) is 2.40. The van der Waals surface area contributed by atoms with Crippen molar-refractivity contribution in [3.63, 3.8) is 0 Å². The molecule has 6 heteroatoms. The molecule has 6 nitrogen and oxygen atoms in total. The highest BCUT2D eigenvalue weighted by molar-refractivity contribution is 6.00. The van der Waals surface area contributed by atoms with Gasteiger partial charge in [-0.25, -0.2) is 0 Å². The first-order chi connectivity index (χ1) is 11.2. The Morgan fingerprint density at radius 2 is 2.13 bits per heavy atom. The molecule has 124 valence electrons. The van der Waals surface area contributed by atoms with E-state index in [2.05, 4.69) is 11.1 Å². The van der Waals surface area contributed by atoms with Crippen LogP contribution in [0, 0.1) is 12.3 Å². The van der Waals surface area contributed by atoms with E-state index in [0.717, 1.165) is 5.56 Å². The minimum Gasteiger partial charge on any atom is -0.394 e. The van der Waals surface area contributed by atoms with Gasteiger partial charge in [0.1, 0.15) is 17.9 Å². The van der Waals surface area contributed by atoms with E-state index in [9.17, 15) is 10.2 Å². The molecular formula is C17H21NO5. The zero-order chi connectivity index (χ0) is 16.5. The lowest BCUT2D eigenvalue weighted by atomic mass is 10.1. The molecule has 0 saturated heterocycles. The molecular weight excluding hydrogens is 298 g/mol. The normalized spacial score (nSPS) is 19.5. The lowest BCUT2D eigenvalue weighted by Gasteiger charge is -2.21. The number of benzene rings is 1. The van der Waals surface area contributed by atoms with Crippen molar-refractivity contribution in [2.24, 2.45) is 5.16 Å². The van der Waals surface area contributed by atoms with Gasteiger partial charge in [-0.3, -0.25) is 0 Å². The van der Waals surface area contributed by atoms with Crippen LogP contribution >= 0.6 is 0 Å². The molecule has 3 atom stereocenters. The molecule has 1 aromatic carbocycles. The van der Waals surface area contributed by atoms with Crippen molar-refractivity contribution in [3.8, 4) is 12.3 Å². The summed E-state index contributed by atoms with van der Waals surface area (Å²) in [5, 5.41) is 23.0. The summed E-state index contributed by atoms with van der Waals surface area (Å²) in [6.07, 6.45) is 3.85. The van der Waals surface area contributed by atoms with E-state index in [1.165, 1.54) is 0 Å². The molecule has 0 aromatic heterocycles. The summed E-state index contributed by atoms with van der Waals surface area (Å²) in [4.78, 5) is 5.13. The van der Waals surface area contributed by atoms with Crippen molar-refractivity contribution < 1.29 is 24.5 Å². The Morgan fingerprint density at radius 3 is 2.78 bits per heavy atom.